The summed E-state index contributed by atoms with van der Waals surface area (Å²) in [6.07, 6.45) is -2.82. The molecule has 7 nitrogen and oxygen atoms in total. The van der Waals surface area contributed by atoms with E-state index in [0.717, 1.165) is 24.3 Å². The van der Waals surface area contributed by atoms with Crippen molar-refractivity contribution in [1.82, 2.24) is 19.3 Å². The molecule has 0 aliphatic carbocycles. The Morgan fingerprint density at radius 3 is 2.33 bits per heavy atom. The zero-order valence-electron chi connectivity index (χ0n) is 15.5. The topological polar surface area (TPSA) is 77.3 Å². The van der Waals surface area contributed by atoms with Gasteiger partial charge in [0.25, 0.3) is 0 Å². The van der Waals surface area contributed by atoms with Crippen LogP contribution >= 0.6 is 0 Å². The van der Waals surface area contributed by atoms with Crippen molar-refractivity contribution in [1.29, 1.82) is 0 Å². The number of sulfonamides is 1. The van der Waals surface area contributed by atoms with Crippen LogP contribution < -0.4 is 4.74 Å². The maximum atomic E-state index is 12.7. The van der Waals surface area contributed by atoms with Gasteiger partial charge in [-0.2, -0.15) is 17.5 Å². The number of hydrogen-bond acceptors (Lipinski definition) is 5. The van der Waals surface area contributed by atoms with E-state index >= 15 is 0 Å². The Labute approximate surface area is 170 Å². The van der Waals surface area contributed by atoms with Gasteiger partial charge in [-0.25, -0.2) is 13.1 Å². The molecule has 0 bridgehead atoms. The van der Waals surface area contributed by atoms with Gasteiger partial charge in [0, 0.05) is 13.1 Å². The van der Waals surface area contributed by atoms with Gasteiger partial charge in [-0.05, 0) is 36.4 Å². The molecule has 1 aliphatic heterocycles. The molecule has 30 heavy (non-hydrogen) atoms. The third kappa shape index (κ3) is 4.17. The Hall–Kier alpha value is -2.92. The lowest BCUT2D eigenvalue weighted by Gasteiger charge is -2.37. The molecule has 0 radical (unpaired) electrons. The largest absolute Gasteiger partial charge is 0.487 e. The van der Waals surface area contributed by atoms with Crippen LogP contribution in [0.2, 0.25) is 0 Å². The zero-order chi connectivity index (χ0) is 21.4. The SMILES string of the molecule is O=S(=O)(c1ccc(C(F)(F)F)cc1)N1CC(n2cc(COc3ccccc3)nn2)C1. The summed E-state index contributed by atoms with van der Waals surface area (Å²) in [7, 11) is -3.87. The third-order valence-electron chi connectivity index (χ3n) is 4.71. The highest BCUT2D eigenvalue weighted by molar-refractivity contribution is 7.89. The predicted molar refractivity (Wildman–Crippen MR) is 100 cm³/mol. The van der Waals surface area contributed by atoms with Crippen LogP contribution in [0.1, 0.15) is 17.3 Å². The minimum atomic E-state index is -4.51. The van der Waals surface area contributed by atoms with Crippen LogP contribution in [0.15, 0.2) is 65.7 Å². The molecule has 1 saturated heterocycles. The molecule has 0 amide bonds. The number of para-hydroxylation sites is 1. The molecule has 0 saturated carbocycles. The summed E-state index contributed by atoms with van der Waals surface area (Å²) in [5.41, 5.74) is -0.293. The maximum absolute atomic E-state index is 12.7. The Morgan fingerprint density at radius 2 is 1.70 bits per heavy atom. The first-order chi connectivity index (χ1) is 14.2. The monoisotopic (exact) mass is 438 g/mol. The molecule has 0 spiro atoms. The third-order valence-corrected chi connectivity index (χ3v) is 6.56. The predicted octanol–water partition coefficient (Wildman–Crippen LogP) is 3.12. The van der Waals surface area contributed by atoms with Gasteiger partial charge >= 0.3 is 6.18 Å². The Morgan fingerprint density at radius 1 is 1.03 bits per heavy atom. The van der Waals surface area contributed by atoms with E-state index in [4.69, 9.17) is 4.74 Å². The fourth-order valence-electron chi connectivity index (χ4n) is 2.98. The second-order valence-electron chi connectivity index (χ2n) is 6.79. The van der Waals surface area contributed by atoms with Crippen LogP contribution in [0.3, 0.4) is 0 Å². The van der Waals surface area contributed by atoms with Gasteiger partial charge in [0.1, 0.15) is 18.1 Å². The number of ether oxygens (including phenoxy) is 1. The fraction of sp³-hybridized carbons (Fsp3) is 0.263. The molecule has 4 rings (SSSR count). The van der Waals surface area contributed by atoms with Crippen LogP contribution in [-0.2, 0) is 22.8 Å². The quantitative estimate of drug-likeness (QED) is 0.591. The van der Waals surface area contributed by atoms with E-state index in [1.807, 2.05) is 30.3 Å². The first-order valence-corrected chi connectivity index (χ1v) is 10.4. The highest BCUT2D eigenvalue weighted by Crippen LogP contribution is 2.32. The number of aromatic nitrogens is 3. The maximum Gasteiger partial charge on any atom is 0.416 e. The molecule has 1 aromatic heterocycles. The van der Waals surface area contributed by atoms with E-state index in [0.29, 0.717) is 11.4 Å². The number of halogens is 3. The number of alkyl halides is 3. The van der Waals surface area contributed by atoms with Crippen molar-refractivity contribution in [3.05, 3.63) is 72.1 Å². The van der Waals surface area contributed by atoms with Crippen molar-refractivity contribution in [3.63, 3.8) is 0 Å². The van der Waals surface area contributed by atoms with E-state index in [2.05, 4.69) is 10.3 Å². The summed E-state index contributed by atoms with van der Waals surface area (Å²) in [6, 6.07) is 12.5. The van der Waals surface area contributed by atoms with Gasteiger partial charge in [0.15, 0.2) is 0 Å². The van der Waals surface area contributed by atoms with Gasteiger partial charge in [-0.1, -0.05) is 23.4 Å². The van der Waals surface area contributed by atoms with Crippen LogP contribution in [0.25, 0.3) is 0 Å². The Balaban J connectivity index is 1.36. The average Bonchev–Trinajstić information content (AvgIpc) is 3.14. The Kier molecular flexibility index (Phi) is 5.24. The zero-order valence-corrected chi connectivity index (χ0v) is 16.3. The summed E-state index contributed by atoms with van der Waals surface area (Å²) < 4.78 is 71.5. The van der Waals surface area contributed by atoms with Crippen LogP contribution in [0.4, 0.5) is 13.2 Å². The second-order valence-corrected chi connectivity index (χ2v) is 8.73. The molecule has 0 atom stereocenters. The first kappa shape index (κ1) is 20.4. The van der Waals surface area contributed by atoms with Crippen molar-refractivity contribution in [3.8, 4) is 5.75 Å². The van der Waals surface area contributed by atoms with Crippen molar-refractivity contribution in [2.75, 3.05) is 13.1 Å². The van der Waals surface area contributed by atoms with Crippen LogP contribution in [-0.4, -0.2) is 40.8 Å². The highest BCUT2D eigenvalue weighted by atomic mass is 32.2. The Bertz CT molecular complexity index is 1110. The smallest absolute Gasteiger partial charge is 0.416 e. The summed E-state index contributed by atoms with van der Waals surface area (Å²) in [5, 5.41) is 8.04. The molecule has 1 aliphatic rings. The fourth-order valence-corrected chi connectivity index (χ4v) is 4.49. The number of nitrogens with zero attached hydrogens (tertiary/aromatic N) is 4. The standard InChI is InChI=1S/C19H17F3N4O3S/c20-19(21,22)14-6-8-18(9-7-14)30(27,28)25-11-16(12-25)26-10-15(23-24-26)13-29-17-4-2-1-3-5-17/h1-10,16H,11-13H2. The summed E-state index contributed by atoms with van der Waals surface area (Å²) in [6.45, 7) is 0.543. The molecule has 1 fully saturated rings. The molecule has 0 unspecified atom stereocenters. The van der Waals surface area contributed by atoms with Gasteiger partial charge in [0.2, 0.25) is 10.0 Å². The number of benzene rings is 2. The van der Waals surface area contributed by atoms with E-state index in [-0.39, 0.29) is 30.6 Å². The van der Waals surface area contributed by atoms with Gasteiger partial charge in [-0.3, -0.25) is 0 Å². The summed E-state index contributed by atoms with van der Waals surface area (Å²) in [5.74, 6) is 0.699. The van der Waals surface area contributed by atoms with E-state index in [9.17, 15) is 21.6 Å². The van der Waals surface area contributed by atoms with E-state index < -0.39 is 21.8 Å². The van der Waals surface area contributed by atoms with Crippen LogP contribution in [0.5, 0.6) is 5.75 Å². The molecule has 2 heterocycles. The van der Waals surface area contributed by atoms with Gasteiger partial charge in [0.05, 0.1) is 22.7 Å². The highest BCUT2D eigenvalue weighted by Gasteiger charge is 2.39. The van der Waals surface area contributed by atoms with E-state index in [1.165, 1.54) is 4.31 Å². The van der Waals surface area contributed by atoms with Gasteiger partial charge < -0.3 is 4.74 Å². The molecule has 11 heteroatoms. The molecule has 158 valence electrons. The summed E-state index contributed by atoms with van der Waals surface area (Å²) >= 11 is 0. The summed E-state index contributed by atoms with van der Waals surface area (Å²) in [4.78, 5) is -0.176. The normalized spacial score (nSPS) is 15.7. The van der Waals surface area contributed by atoms with Crippen molar-refractivity contribution in [2.24, 2.45) is 0 Å². The molecule has 2 aromatic carbocycles. The number of hydrogen-bond donors (Lipinski definition) is 0. The molecule has 3 aromatic rings. The van der Waals surface area contributed by atoms with Crippen molar-refractivity contribution in [2.45, 2.75) is 23.7 Å². The lowest BCUT2D eigenvalue weighted by Crippen LogP contribution is -2.50. The lowest BCUT2D eigenvalue weighted by molar-refractivity contribution is -0.137. The molecular weight excluding hydrogens is 421 g/mol. The first-order valence-electron chi connectivity index (χ1n) is 8.99. The molecule has 0 N–H and O–H groups in total. The van der Waals surface area contributed by atoms with Gasteiger partial charge in [-0.15, -0.1) is 5.10 Å². The number of rotatable bonds is 6. The van der Waals surface area contributed by atoms with Crippen LogP contribution in [0, 0.1) is 0 Å². The minimum Gasteiger partial charge on any atom is -0.487 e. The molecular formula is C19H17F3N4O3S. The van der Waals surface area contributed by atoms with Crippen molar-refractivity contribution >= 4 is 10.0 Å². The minimum absolute atomic E-state index is 0.158. The lowest BCUT2D eigenvalue weighted by atomic mass is 10.2. The van der Waals surface area contributed by atoms with E-state index in [1.54, 1.807) is 10.9 Å². The average molecular weight is 438 g/mol. The van der Waals surface area contributed by atoms with Crippen molar-refractivity contribution < 1.29 is 26.3 Å². The second kappa shape index (κ2) is 7.73.